The summed E-state index contributed by atoms with van der Waals surface area (Å²) in [6.45, 7) is 1.00. The van der Waals surface area contributed by atoms with Crippen molar-refractivity contribution in [2.24, 2.45) is 7.05 Å². The number of rotatable bonds is 4. The Labute approximate surface area is 148 Å². The summed E-state index contributed by atoms with van der Waals surface area (Å²) in [4.78, 5) is 14.2. The third kappa shape index (κ3) is 3.47. The lowest BCUT2D eigenvalue weighted by Crippen LogP contribution is -2.38. The van der Waals surface area contributed by atoms with Crippen LogP contribution in [0.2, 0.25) is 0 Å². The van der Waals surface area contributed by atoms with Crippen LogP contribution >= 0.6 is 0 Å². The molecule has 0 saturated carbocycles. The van der Waals surface area contributed by atoms with Crippen LogP contribution in [-0.2, 0) is 26.9 Å². The van der Waals surface area contributed by atoms with Gasteiger partial charge in [-0.1, -0.05) is 0 Å². The number of aryl methyl sites for hydroxylation is 1. The molecule has 3 heterocycles. The highest BCUT2D eigenvalue weighted by Crippen LogP contribution is 2.24. The van der Waals surface area contributed by atoms with Gasteiger partial charge in [-0.2, -0.15) is 4.31 Å². The third-order valence-corrected chi connectivity index (χ3v) is 8.59. The molecule has 140 valence electrons. The zero-order valence-electron chi connectivity index (χ0n) is 14.4. The number of sulfone groups is 1. The maximum atomic E-state index is 12.7. The molecule has 1 amide bonds. The molecule has 1 aromatic rings. The Bertz CT molecular complexity index is 882. The molecular weight excluding hydrogens is 366 g/mol. The molecule has 0 aliphatic carbocycles. The fraction of sp³-hybridized carbons (Fsp3) is 0.667. The average molecular weight is 389 g/mol. The molecule has 2 aliphatic heterocycles. The van der Waals surface area contributed by atoms with Crippen molar-refractivity contribution < 1.29 is 21.6 Å². The minimum absolute atomic E-state index is 0.0431. The van der Waals surface area contributed by atoms with Crippen LogP contribution in [-0.4, -0.2) is 74.2 Å². The van der Waals surface area contributed by atoms with E-state index in [9.17, 15) is 21.6 Å². The second kappa shape index (κ2) is 6.40. The molecule has 8 nitrogen and oxygen atoms in total. The van der Waals surface area contributed by atoms with Gasteiger partial charge in [0, 0.05) is 39.4 Å². The SMILES string of the molecule is CN(C(=O)c1cc(S(=O)(=O)N2CCCC2)cn1C)[C@@H]1CCS(=O)(=O)C1. The molecule has 25 heavy (non-hydrogen) atoms. The van der Waals surface area contributed by atoms with Crippen molar-refractivity contribution in [3.8, 4) is 0 Å². The Morgan fingerprint density at radius 3 is 2.48 bits per heavy atom. The van der Waals surface area contributed by atoms with Crippen molar-refractivity contribution >= 4 is 25.8 Å². The van der Waals surface area contributed by atoms with E-state index >= 15 is 0 Å². The summed E-state index contributed by atoms with van der Waals surface area (Å²) in [6.07, 6.45) is 3.54. The molecule has 2 aliphatic rings. The summed E-state index contributed by atoms with van der Waals surface area (Å²) in [5, 5.41) is 0. The number of sulfonamides is 1. The minimum Gasteiger partial charge on any atom is -0.345 e. The topological polar surface area (TPSA) is 96.8 Å². The van der Waals surface area contributed by atoms with Crippen molar-refractivity contribution in [2.45, 2.75) is 30.2 Å². The van der Waals surface area contributed by atoms with Crippen LogP contribution < -0.4 is 0 Å². The fourth-order valence-electron chi connectivity index (χ4n) is 3.39. The number of amides is 1. The van der Waals surface area contributed by atoms with E-state index in [0.717, 1.165) is 12.8 Å². The monoisotopic (exact) mass is 389 g/mol. The van der Waals surface area contributed by atoms with Crippen LogP contribution in [0, 0.1) is 0 Å². The smallest absolute Gasteiger partial charge is 0.270 e. The zero-order chi connectivity index (χ0) is 18.4. The lowest BCUT2D eigenvalue weighted by Gasteiger charge is -2.23. The van der Waals surface area contributed by atoms with E-state index in [2.05, 4.69) is 0 Å². The highest BCUT2D eigenvalue weighted by atomic mass is 32.2. The lowest BCUT2D eigenvalue weighted by atomic mass is 10.2. The van der Waals surface area contributed by atoms with Crippen LogP contribution in [0.3, 0.4) is 0 Å². The van der Waals surface area contributed by atoms with Gasteiger partial charge >= 0.3 is 0 Å². The van der Waals surface area contributed by atoms with E-state index in [4.69, 9.17) is 0 Å². The molecule has 0 N–H and O–H groups in total. The molecule has 2 fully saturated rings. The highest BCUT2D eigenvalue weighted by molar-refractivity contribution is 7.91. The standard InChI is InChI=1S/C15H23N3O5S2/c1-16-10-13(25(22,23)18-6-3-4-7-18)9-14(16)15(19)17(2)12-5-8-24(20,21)11-12/h9-10,12H,3-8,11H2,1-2H3/t12-/m1/s1. The molecule has 0 bridgehead atoms. The number of nitrogens with zero attached hydrogens (tertiary/aromatic N) is 3. The molecule has 3 rings (SSSR count). The Morgan fingerprint density at radius 2 is 1.92 bits per heavy atom. The van der Waals surface area contributed by atoms with E-state index in [0.29, 0.717) is 19.5 Å². The van der Waals surface area contributed by atoms with Gasteiger partial charge in [0.1, 0.15) is 10.6 Å². The van der Waals surface area contributed by atoms with Crippen molar-refractivity contribution in [1.82, 2.24) is 13.8 Å². The summed E-state index contributed by atoms with van der Waals surface area (Å²) in [7, 11) is -3.50. The average Bonchev–Trinajstić information content (AvgIpc) is 3.25. The second-order valence-electron chi connectivity index (χ2n) is 6.76. The van der Waals surface area contributed by atoms with Gasteiger partial charge < -0.3 is 9.47 Å². The summed E-state index contributed by atoms with van der Waals surface area (Å²) in [5.74, 6) is -0.331. The van der Waals surface area contributed by atoms with Gasteiger partial charge in [-0.05, 0) is 25.3 Å². The van der Waals surface area contributed by atoms with Crippen molar-refractivity contribution in [3.05, 3.63) is 18.0 Å². The van der Waals surface area contributed by atoms with Gasteiger partial charge in [0.2, 0.25) is 10.0 Å². The number of carbonyl (C=O) groups excluding carboxylic acids is 1. The number of hydrogen-bond acceptors (Lipinski definition) is 5. The van der Waals surface area contributed by atoms with Gasteiger partial charge in [-0.3, -0.25) is 4.79 Å². The normalized spacial score (nSPS) is 23.8. The number of carbonyl (C=O) groups is 1. The molecule has 0 radical (unpaired) electrons. The van der Waals surface area contributed by atoms with Crippen molar-refractivity contribution in [3.63, 3.8) is 0 Å². The lowest BCUT2D eigenvalue weighted by molar-refractivity contribution is 0.0738. The predicted molar refractivity (Wildman–Crippen MR) is 92.6 cm³/mol. The molecule has 0 unspecified atom stereocenters. The van der Waals surface area contributed by atoms with Gasteiger partial charge in [0.15, 0.2) is 9.84 Å². The number of aromatic nitrogens is 1. The Kier molecular flexibility index (Phi) is 4.71. The molecule has 2 saturated heterocycles. The molecule has 0 spiro atoms. The van der Waals surface area contributed by atoms with E-state index in [1.165, 1.54) is 26.0 Å². The van der Waals surface area contributed by atoms with Gasteiger partial charge in [0.05, 0.1) is 11.5 Å². The Hall–Kier alpha value is -1.39. The van der Waals surface area contributed by atoms with E-state index in [-0.39, 0.29) is 34.0 Å². The summed E-state index contributed by atoms with van der Waals surface area (Å²) < 4.78 is 51.5. The van der Waals surface area contributed by atoms with Crippen LogP contribution in [0.1, 0.15) is 29.8 Å². The zero-order valence-corrected chi connectivity index (χ0v) is 16.0. The Morgan fingerprint density at radius 1 is 1.28 bits per heavy atom. The van der Waals surface area contributed by atoms with E-state index < -0.39 is 19.9 Å². The molecule has 1 aromatic heterocycles. The minimum atomic E-state index is -3.59. The predicted octanol–water partition coefficient (Wildman–Crippen LogP) is 0.0687. The largest absolute Gasteiger partial charge is 0.345 e. The summed E-state index contributed by atoms with van der Waals surface area (Å²) in [6, 6.07) is 1.02. The van der Waals surface area contributed by atoms with Gasteiger partial charge in [0.25, 0.3) is 5.91 Å². The molecule has 1 atom stereocenters. The molecule has 0 aromatic carbocycles. The quantitative estimate of drug-likeness (QED) is 0.726. The second-order valence-corrected chi connectivity index (χ2v) is 10.9. The van der Waals surface area contributed by atoms with Crippen molar-refractivity contribution in [2.75, 3.05) is 31.6 Å². The summed E-state index contributed by atoms with van der Waals surface area (Å²) in [5.41, 5.74) is 0.240. The molecule has 10 heteroatoms. The number of hydrogen-bond donors (Lipinski definition) is 0. The summed E-state index contributed by atoms with van der Waals surface area (Å²) >= 11 is 0. The van der Waals surface area contributed by atoms with Crippen molar-refractivity contribution in [1.29, 1.82) is 0 Å². The maximum absolute atomic E-state index is 12.7. The van der Waals surface area contributed by atoms with Crippen LogP contribution in [0.15, 0.2) is 17.2 Å². The van der Waals surface area contributed by atoms with Crippen LogP contribution in [0.4, 0.5) is 0 Å². The fourth-order valence-corrected chi connectivity index (χ4v) is 6.76. The first-order valence-electron chi connectivity index (χ1n) is 8.26. The molecular formula is C15H23N3O5S2. The van der Waals surface area contributed by atoms with Crippen LogP contribution in [0.5, 0.6) is 0 Å². The maximum Gasteiger partial charge on any atom is 0.270 e. The van der Waals surface area contributed by atoms with Gasteiger partial charge in [-0.25, -0.2) is 16.8 Å². The Balaban J connectivity index is 1.83. The first-order chi connectivity index (χ1) is 11.6. The first-order valence-corrected chi connectivity index (χ1v) is 11.5. The van der Waals surface area contributed by atoms with Gasteiger partial charge in [-0.15, -0.1) is 0 Å². The van der Waals surface area contributed by atoms with E-state index in [1.807, 2.05) is 0 Å². The first kappa shape index (κ1) is 18.4. The van der Waals surface area contributed by atoms with Crippen LogP contribution in [0.25, 0.3) is 0 Å². The highest BCUT2D eigenvalue weighted by Gasteiger charge is 2.35. The van der Waals surface area contributed by atoms with E-state index in [1.54, 1.807) is 14.1 Å². The third-order valence-electron chi connectivity index (χ3n) is 4.98.